The van der Waals surface area contributed by atoms with Crippen molar-refractivity contribution >= 4 is 32.9 Å². The Labute approximate surface area is 194 Å². The van der Waals surface area contributed by atoms with Gasteiger partial charge in [0.05, 0.1) is 23.4 Å². The number of carbonyl (C=O) groups excluding carboxylic acids is 2. The fraction of sp³-hybridized carbons (Fsp3) is 0.360. The summed E-state index contributed by atoms with van der Waals surface area (Å²) in [6.07, 6.45) is -0.0243. The molecule has 33 heavy (non-hydrogen) atoms. The number of nitrogens with zero attached hydrogens (tertiary/aromatic N) is 1. The smallest absolute Gasteiger partial charge is 0.356 e. The van der Waals surface area contributed by atoms with E-state index in [2.05, 4.69) is 0 Å². The van der Waals surface area contributed by atoms with Crippen LogP contribution in [-0.4, -0.2) is 36.5 Å². The van der Waals surface area contributed by atoms with E-state index in [0.29, 0.717) is 16.5 Å². The minimum Gasteiger partial charge on any atom is -0.461 e. The van der Waals surface area contributed by atoms with Gasteiger partial charge in [0, 0.05) is 5.39 Å². The Balaban J connectivity index is 2.22. The van der Waals surface area contributed by atoms with E-state index in [1.165, 1.54) is 18.2 Å². The van der Waals surface area contributed by atoms with E-state index in [9.17, 15) is 18.0 Å². The van der Waals surface area contributed by atoms with Crippen LogP contribution in [0.4, 0.5) is 0 Å². The monoisotopic (exact) mass is 471 g/mol. The number of rotatable bonds is 6. The van der Waals surface area contributed by atoms with Gasteiger partial charge in [0.2, 0.25) is 0 Å². The van der Waals surface area contributed by atoms with Crippen LogP contribution in [0.25, 0.3) is 10.9 Å². The lowest BCUT2D eigenvalue weighted by atomic mass is 10.0. The summed E-state index contributed by atoms with van der Waals surface area (Å²) in [5.74, 6) is -1.16. The second-order valence-corrected chi connectivity index (χ2v) is 10.7. The molecule has 0 radical (unpaired) electrons. The molecular weight excluding hydrogens is 442 g/mol. The zero-order chi connectivity index (χ0) is 24.6. The number of hydrogen-bond acceptors (Lipinski definition) is 6. The highest BCUT2D eigenvalue weighted by Gasteiger charge is 2.28. The number of carbonyl (C=O) groups is 2. The van der Waals surface area contributed by atoms with Crippen molar-refractivity contribution in [2.24, 2.45) is 0 Å². The van der Waals surface area contributed by atoms with Crippen molar-refractivity contribution in [3.05, 3.63) is 64.8 Å². The second kappa shape index (κ2) is 9.02. The van der Waals surface area contributed by atoms with Gasteiger partial charge in [-0.15, -0.1) is 0 Å². The van der Waals surface area contributed by atoms with Crippen molar-refractivity contribution in [1.82, 2.24) is 3.97 Å². The Bertz CT molecular complexity index is 1310. The second-order valence-electron chi connectivity index (χ2n) is 8.93. The predicted molar refractivity (Wildman–Crippen MR) is 126 cm³/mol. The third kappa shape index (κ3) is 5.27. The van der Waals surface area contributed by atoms with Crippen molar-refractivity contribution in [1.29, 1.82) is 0 Å². The number of benzene rings is 2. The normalized spacial score (nSPS) is 12.1. The molecule has 0 saturated heterocycles. The summed E-state index contributed by atoms with van der Waals surface area (Å²) in [6, 6.07) is 11.3. The van der Waals surface area contributed by atoms with Gasteiger partial charge in [-0.2, -0.15) is 0 Å². The zero-order valence-electron chi connectivity index (χ0n) is 19.8. The first-order valence-corrected chi connectivity index (χ1v) is 12.1. The van der Waals surface area contributed by atoms with Crippen LogP contribution in [0, 0.1) is 13.8 Å². The van der Waals surface area contributed by atoms with Crippen molar-refractivity contribution in [3.8, 4) is 0 Å². The van der Waals surface area contributed by atoms with E-state index in [1.807, 2.05) is 13.8 Å². The first kappa shape index (κ1) is 24.5. The van der Waals surface area contributed by atoms with Gasteiger partial charge in [0.1, 0.15) is 11.3 Å². The first-order chi connectivity index (χ1) is 15.3. The highest BCUT2D eigenvalue weighted by atomic mass is 32.2. The van der Waals surface area contributed by atoms with Crippen LogP contribution in [0.5, 0.6) is 0 Å². The number of esters is 2. The minimum atomic E-state index is -4.12. The highest BCUT2D eigenvalue weighted by Crippen LogP contribution is 2.29. The van der Waals surface area contributed by atoms with Gasteiger partial charge in [-0.3, -0.25) is 4.79 Å². The van der Waals surface area contributed by atoms with Crippen molar-refractivity contribution in [2.75, 3.05) is 6.61 Å². The number of aryl methyl sites for hydroxylation is 2. The molecule has 8 heteroatoms. The maximum absolute atomic E-state index is 13.6. The van der Waals surface area contributed by atoms with Crippen LogP contribution in [0.3, 0.4) is 0 Å². The molecule has 2 aromatic carbocycles. The first-order valence-electron chi connectivity index (χ1n) is 10.7. The van der Waals surface area contributed by atoms with Gasteiger partial charge >= 0.3 is 11.9 Å². The molecular formula is C25H29NO6S. The molecule has 0 N–H and O–H groups in total. The molecule has 1 aromatic heterocycles. The summed E-state index contributed by atoms with van der Waals surface area (Å²) in [6.45, 7) is 10.8. The van der Waals surface area contributed by atoms with Crippen LogP contribution >= 0.6 is 0 Å². The highest BCUT2D eigenvalue weighted by molar-refractivity contribution is 7.90. The topological polar surface area (TPSA) is 91.7 Å². The van der Waals surface area contributed by atoms with Gasteiger partial charge in [-0.25, -0.2) is 17.2 Å². The molecule has 0 aliphatic carbocycles. The van der Waals surface area contributed by atoms with E-state index in [0.717, 1.165) is 15.1 Å². The Morgan fingerprint density at radius 3 is 2.21 bits per heavy atom. The van der Waals surface area contributed by atoms with E-state index >= 15 is 0 Å². The van der Waals surface area contributed by atoms with E-state index < -0.39 is 27.6 Å². The number of hydrogen-bond donors (Lipinski definition) is 0. The lowest BCUT2D eigenvalue weighted by molar-refractivity contribution is -0.153. The summed E-state index contributed by atoms with van der Waals surface area (Å²) in [4.78, 5) is 25.2. The number of aromatic nitrogens is 1. The molecule has 0 fully saturated rings. The zero-order valence-corrected chi connectivity index (χ0v) is 20.6. The summed E-state index contributed by atoms with van der Waals surface area (Å²) < 4.78 is 38.8. The molecule has 0 amide bonds. The third-order valence-electron chi connectivity index (χ3n) is 5.01. The SMILES string of the molecule is CCOC(=O)c1cc2cc(C)c(CC(=O)OC(C)(C)C)cc2n1S(=O)(=O)c1ccc(C)cc1. The average Bonchev–Trinajstić information content (AvgIpc) is 3.06. The summed E-state index contributed by atoms with van der Waals surface area (Å²) in [7, 11) is -4.12. The molecule has 0 spiro atoms. The lowest BCUT2D eigenvalue weighted by Crippen LogP contribution is -2.25. The fourth-order valence-corrected chi connectivity index (χ4v) is 5.03. The molecule has 0 atom stereocenters. The van der Waals surface area contributed by atoms with Crippen LogP contribution in [0.15, 0.2) is 47.4 Å². The number of fused-ring (bicyclic) bond motifs is 1. The molecule has 0 saturated carbocycles. The Kier molecular flexibility index (Phi) is 6.70. The standard InChI is InChI=1S/C25H29NO6S/c1-7-31-24(28)22-14-19-12-17(3)18(15-23(27)32-25(4,5)6)13-21(19)26(22)33(29,30)20-10-8-16(2)9-11-20/h8-14H,7,15H2,1-6H3. The van der Waals surface area contributed by atoms with Crippen molar-refractivity contribution in [3.63, 3.8) is 0 Å². The summed E-state index contributed by atoms with van der Waals surface area (Å²) >= 11 is 0. The predicted octanol–water partition coefficient (Wildman–Crippen LogP) is 4.56. The molecule has 176 valence electrons. The molecule has 0 aliphatic heterocycles. The van der Waals surface area contributed by atoms with Gasteiger partial charge in [-0.05, 0) is 83.0 Å². The van der Waals surface area contributed by atoms with Crippen molar-refractivity contribution < 1.29 is 27.5 Å². The van der Waals surface area contributed by atoms with Gasteiger partial charge in [0.25, 0.3) is 10.0 Å². The molecule has 3 aromatic rings. The average molecular weight is 472 g/mol. The maximum Gasteiger partial charge on any atom is 0.356 e. The fourth-order valence-electron chi connectivity index (χ4n) is 3.53. The van der Waals surface area contributed by atoms with Gasteiger partial charge in [-0.1, -0.05) is 17.7 Å². The van der Waals surface area contributed by atoms with Crippen LogP contribution in [0.1, 0.15) is 54.9 Å². The minimum absolute atomic E-state index is 0.0243. The molecule has 0 aliphatic rings. The summed E-state index contributed by atoms with van der Waals surface area (Å²) in [5, 5.41) is 0.555. The summed E-state index contributed by atoms with van der Waals surface area (Å²) in [5.41, 5.74) is 1.87. The maximum atomic E-state index is 13.6. The third-order valence-corrected chi connectivity index (χ3v) is 6.76. The molecule has 0 unspecified atom stereocenters. The largest absolute Gasteiger partial charge is 0.461 e. The molecule has 1 heterocycles. The molecule has 0 bridgehead atoms. The molecule has 3 rings (SSSR count). The lowest BCUT2D eigenvalue weighted by Gasteiger charge is -2.20. The Hall–Kier alpha value is -3.13. The Morgan fingerprint density at radius 1 is 1.00 bits per heavy atom. The van der Waals surface area contributed by atoms with E-state index in [1.54, 1.807) is 52.0 Å². The van der Waals surface area contributed by atoms with Crippen molar-refractivity contribution in [2.45, 2.75) is 58.5 Å². The molecule has 7 nitrogen and oxygen atoms in total. The van der Waals surface area contributed by atoms with Crippen LogP contribution in [-0.2, 0) is 30.7 Å². The van der Waals surface area contributed by atoms with Crippen LogP contribution in [0.2, 0.25) is 0 Å². The van der Waals surface area contributed by atoms with Gasteiger partial charge < -0.3 is 9.47 Å². The van der Waals surface area contributed by atoms with E-state index in [4.69, 9.17) is 9.47 Å². The van der Waals surface area contributed by atoms with Gasteiger partial charge in [0.15, 0.2) is 0 Å². The number of ether oxygens (including phenoxy) is 2. The van der Waals surface area contributed by atoms with E-state index in [-0.39, 0.29) is 23.6 Å². The van der Waals surface area contributed by atoms with Crippen LogP contribution < -0.4 is 0 Å². The Morgan fingerprint density at radius 2 is 1.64 bits per heavy atom. The quantitative estimate of drug-likeness (QED) is 0.490.